The highest BCUT2D eigenvalue weighted by atomic mass is 32.2. The third kappa shape index (κ3) is 4.34. The first-order valence-electron chi connectivity index (χ1n) is 5.10. The van der Waals surface area contributed by atoms with Crippen LogP contribution in [-0.4, -0.2) is 36.8 Å². The van der Waals surface area contributed by atoms with Crippen molar-refractivity contribution in [1.29, 1.82) is 0 Å². The molecule has 78 valence electrons. The van der Waals surface area contributed by atoms with Gasteiger partial charge in [0, 0.05) is 18.3 Å². The Morgan fingerprint density at radius 2 is 1.92 bits per heavy atom. The van der Waals surface area contributed by atoms with E-state index in [1.165, 1.54) is 18.6 Å². The highest BCUT2D eigenvalue weighted by molar-refractivity contribution is 7.98. The molecule has 1 aliphatic heterocycles. The minimum atomic E-state index is 0.426. The monoisotopic (exact) mass is 203 g/mol. The Morgan fingerprint density at radius 3 is 2.46 bits per heavy atom. The molecule has 0 aliphatic carbocycles. The molecular weight excluding hydrogens is 182 g/mol. The van der Waals surface area contributed by atoms with Crippen molar-refractivity contribution in [2.24, 2.45) is 0 Å². The van der Waals surface area contributed by atoms with E-state index in [1.807, 2.05) is 11.8 Å². The molecule has 0 amide bonds. The summed E-state index contributed by atoms with van der Waals surface area (Å²) >= 11 is 1.90. The fourth-order valence-corrected chi connectivity index (χ4v) is 2.26. The summed E-state index contributed by atoms with van der Waals surface area (Å²) in [5.41, 5.74) is 0. The Labute approximate surface area is 85.8 Å². The van der Waals surface area contributed by atoms with Gasteiger partial charge >= 0.3 is 0 Å². The molecule has 0 radical (unpaired) electrons. The van der Waals surface area contributed by atoms with Crippen LogP contribution in [0.3, 0.4) is 0 Å². The van der Waals surface area contributed by atoms with Crippen molar-refractivity contribution in [3.63, 3.8) is 0 Å². The minimum absolute atomic E-state index is 0.426. The van der Waals surface area contributed by atoms with Gasteiger partial charge in [-0.3, -0.25) is 0 Å². The molecule has 0 aromatic rings. The molecule has 1 saturated heterocycles. The van der Waals surface area contributed by atoms with Crippen LogP contribution in [-0.2, 0) is 4.74 Å². The number of thioether (sulfide) groups is 1. The SMILES string of the molecule is CSCCNC1CC(C)OC(C)C1. The summed E-state index contributed by atoms with van der Waals surface area (Å²) in [6.07, 6.45) is 5.33. The zero-order valence-electron chi connectivity index (χ0n) is 8.88. The van der Waals surface area contributed by atoms with Crippen LogP contribution in [0.2, 0.25) is 0 Å². The van der Waals surface area contributed by atoms with Crippen LogP contribution in [0.1, 0.15) is 26.7 Å². The lowest BCUT2D eigenvalue weighted by Gasteiger charge is -2.32. The van der Waals surface area contributed by atoms with Gasteiger partial charge in [0.2, 0.25) is 0 Å². The Bertz CT molecular complexity index is 133. The van der Waals surface area contributed by atoms with E-state index in [0.29, 0.717) is 18.2 Å². The predicted molar refractivity (Wildman–Crippen MR) is 59.4 cm³/mol. The van der Waals surface area contributed by atoms with Crippen molar-refractivity contribution in [2.45, 2.75) is 44.9 Å². The Morgan fingerprint density at radius 1 is 1.31 bits per heavy atom. The molecule has 0 saturated carbocycles. The van der Waals surface area contributed by atoms with Gasteiger partial charge in [-0.15, -0.1) is 0 Å². The molecule has 13 heavy (non-hydrogen) atoms. The van der Waals surface area contributed by atoms with Crippen molar-refractivity contribution in [3.05, 3.63) is 0 Å². The number of hydrogen-bond acceptors (Lipinski definition) is 3. The van der Waals surface area contributed by atoms with Gasteiger partial charge in [0.25, 0.3) is 0 Å². The van der Waals surface area contributed by atoms with Gasteiger partial charge in [-0.1, -0.05) is 0 Å². The molecule has 1 aliphatic rings. The Hall–Kier alpha value is 0.270. The predicted octanol–water partition coefficient (Wildman–Crippen LogP) is 1.90. The van der Waals surface area contributed by atoms with E-state index in [4.69, 9.17) is 4.74 Å². The van der Waals surface area contributed by atoms with Crippen molar-refractivity contribution in [1.82, 2.24) is 5.32 Å². The summed E-state index contributed by atoms with van der Waals surface area (Å²) in [7, 11) is 0. The van der Waals surface area contributed by atoms with E-state index in [0.717, 1.165) is 6.54 Å². The molecule has 0 aromatic heterocycles. The number of rotatable bonds is 4. The van der Waals surface area contributed by atoms with E-state index in [9.17, 15) is 0 Å². The maximum atomic E-state index is 5.68. The van der Waals surface area contributed by atoms with E-state index < -0.39 is 0 Å². The quantitative estimate of drug-likeness (QED) is 0.705. The van der Waals surface area contributed by atoms with Gasteiger partial charge in [0.1, 0.15) is 0 Å². The molecule has 0 bridgehead atoms. The minimum Gasteiger partial charge on any atom is -0.375 e. The second-order valence-electron chi connectivity index (χ2n) is 3.87. The lowest BCUT2D eigenvalue weighted by atomic mass is 10.00. The molecule has 1 heterocycles. The van der Waals surface area contributed by atoms with Gasteiger partial charge < -0.3 is 10.1 Å². The van der Waals surface area contributed by atoms with Crippen LogP contribution in [0, 0.1) is 0 Å². The summed E-state index contributed by atoms with van der Waals surface area (Å²) in [5.74, 6) is 1.21. The van der Waals surface area contributed by atoms with Gasteiger partial charge in [-0.2, -0.15) is 11.8 Å². The topological polar surface area (TPSA) is 21.3 Å². The van der Waals surface area contributed by atoms with Gasteiger partial charge in [0.05, 0.1) is 12.2 Å². The van der Waals surface area contributed by atoms with Crippen molar-refractivity contribution in [2.75, 3.05) is 18.6 Å². The number of ether oxygens (including phenoxy) is 1. The average molecular weight is 203 g/mol. The Balaban J connectivity index is 2.17. The second kappa shape index (κ2) is 5.89. The normalized spacial score (nSPS) is 34.8. The fraction of sp³-hybridized carbons (Fsp3) is 1.00. The van der Waals surface area contributed by atoms with E-state index in [2.05, 4.69) is 25.4 Å². The molecule has 1 N–H and O–H groups in total. The molecule has 2 nitrogen and oxygen atoms in total. The summed E-state index contributed by atoms with van der Waals surface area (Å²) in [5, 5.41) is 3.58. The molecule has 1 fully saturated rings. The first-order valence-corrected chi connectivity index (χ1v) is 6.49. The number of hydrogen-bond donors (Lipinski definition) is 1. The maximum absolute atomic E-state index is 5.68. The lowest BCUT2D eigenvalue weighted by molar-refractivity contribution is -0.0417. The van der Waals surface area contributed by atoms with E-state index in [-0.39, 0.29) is 0 Å². The molecule has 3 heteroatoms. The lowest BCUT2D eigenvalue weighted by Crippen LogP contribution is -2.42. The third-order valence-electron chi connectivity index (χ3n) is 2.44. The summed E-state index contributed by atoms with van der Waals surface area (Å²) in [6, 6.07) is 0.672. The van der Waals surface area contributed by atoms with Crippen LogP contribution in [0.25, 0.3) is 0 Å². The molecule has 0 spiro atoms. The van der Waals surface area contributed by atoms with Crippen LogP contribution in [0.15, 0.2) is 0 Å². The third-order valence-corrected chi connectivity index (χ3v) is 3.05. The highest BCUT2D eigenvalue weighted by Crippen LogP contribution is 2.18. The summed E-state index contributed by atoms with van der Waals surface area (Å²) < 4.78 is 5.68. The molecule has 1 rings (SSSR count). The largest absolute Gasteiger partial charge is 0.375 e. The van der Waals surface area contributed by atoms with Crippen molar-refractivity contribution in [3.8, 4) is 0 Å². The van der Waals surface area contributed by atoms with Crippen molar-refractivity contribution >= 4 is 11.8 Å². The van der Waals surface area contributed by atoms with Crippen molar-refractivity contribution < 1.29 is 4.74 Å². The summed E-state index contributed by atoms with van der Waals surface area (Å²) in [4.78, 5) is 0. The Kier molecular flexibility index (Phi) is 5.14. The first-order chi connectivity index (χ1) is 6.22. The molecule has 2 atom stereocenters. The van der Waals surface area contributed by atoms with E-state index in [1.54, 1.807) is 0 Å². The fourth-order valence-electron chi connectivity index (χ4n) is 1.94. The second-order valence-corrected chi connectivity index (χ2v) is 4.86. The zero-order chi connectivity index (χ0) is 9.68. The van der Waals surface area contributed by atoms with E-state index >= 15 is 0 Å². The first kappa shape index (κ1) is 11.3. The van der Waals surface area contributed by atoms with Crippen LogP contribution in [0.5, 0.6) is 0 Å². The van der Waals surface area contributed by atoms with Gasteiger partial charge in [-0.25, -0.2) is 0 Å². The summed E-state index contributed by atoms with van der Waals surface area (Å²) in [6.45, 7) is 5.46. The smallest absolute Gasteiger partial charge is 0.0565 e. The van der Waals surface area contributed by atoms with Crippen LogP contribution < -0.4 is 5.32 Å². The highest BCUT2D eigenvalue weighted by Gasteiger charge is 2.23. The average Bonchev–Trinajstić information content (AvgIpc) is 2.03. The molecule has 2 unspecified atom stereocenters. The van der Waals surface area contributed by atoms with Gasteiger partial charge in [-0.05, 0) is 32.9 Å². The maximum Gasteiger partial charge on any atom is 0.0565 e. The van der Waals surface area contributed by atoms with Crippen LogP contribution in [0.4, 0.5) is 0 Å². The molecular formula is C10H21NOS. The molecule has 0 aromatic carbocycles. The number of nitrogens with one attached hydrogen (secondary N) is 1. The van der Waals surface area contributed by atoms with Crippen LogP contribution >= 0.6 is 11.8 Å². The zero-order valence-corrected chi connectivity index (χ0v) is 9.69. The van der Waals surface area contributed by atoms with Gasteiger partial charge in [0.15, 0.2) is 0 Å². The standard InChI is InChI=1S/C10H21NOS/c1-8-6-10(7-9(2)12-8)11-4-5-13-3/h8-11H,4-7H2,1-3H3.